The number of nitrogens with one attached hydrogen (secondary N) is 3. The minimum Gasteiger partial charge on any atom is -0.468 e. The largest absolute Gasteiger partial charge is 0.468 e. The summed E-state index contributed by atoms with van der Waals surface area (Å²) in [4.78, 5) is 40.7. The second-order valence-electron chi connectivity index (χ2n) is 10.0. The molecule has 228 valence electrons. The molecule has 44 heavy (non-hydrogen) atoms. The van der Waals surface area contributed by atoms with Gasteiger partial charge in [0.15, 0.2) is 0 Å². The molecule has 1 aliphatic carbocycles. The first-order valence-corrected chi connectivity index (χ1v) is 16.4. The summed E-state index contributed by atoms with van der Waals surface area (Å²) >= 11 is 14.8. The molecule has 1 aliphatic heterocycles. The van der Waals surface area contributed by atoms with Crippen LogP contribution in [-0.2, 0) is 27.2 Å². The molecule has 0 fully saturated rings. The Labute approximate surface area is 272 Å². The number of hydrogen-bond acceptors (Lipinski definition) is 9. The fourth-order valence-corrected chi connectivity index (χ4v) is 7.86. The van der Waals surface area contributed by atoms with Crippen LogP contribution in [0.5, 0.6) is 0 Å². The smallest absolute Gasteiger partial charge is 0.341 e. The monoisotopic (exact) mass is 670 g/mol. The van der Waals surface area contributed by atoms with E-state index < -0.39 is 17.8 Å². The lowest BCUT2D eigenvalue weighted by molar-refractivity contribution is -0.114. The molecule has 3 heterocycles. The molecule has 2 aliphatic rings. The lowest BCUT2D eigenvalue weighted by Gasteiger charge is -2.28. The summed E-state index contributed by atoms with van der Waals surface area (Å²) in [5, 5.41) is 20.7. The van der Waals surface area contributed by atoms with Gasteiger partial charge in [0.05, 0.1) is 63.1 Å². The van der Waals surface area contributed by atoms with Gasteiger partial charge in [0.25, 0.3) is 5.91 Å². The number of halogens is 2. The highest BCUT2D eigenvalue weighted by Gasteiger charge is 2.37. The third-order valence-electron chi connectivity index (χ3n) is 7.15. The van der Waals surface area contributed by atoms with Crippen molar-refractivity contribution < 1.29 is 23.5 Å². The van der Waals surface area contributed by atoms with Crippen molar-refractivity contribution in [2.75, 3.05) is 23.0 Å². The molecule has 3 aromatic rings. The number of rotatable bonds is 9. The van der Waals surface area contributed by atoms with Gasteiger partial charge in [0, 0.05) is 15.6 Å². The van der Waals surface area contributed by atoms with Crippen LogP contribution >= 0.6 is 46.3 Å². The number of ether oxygens (including phenoxy) is 1. The molecule has 0 saturated heterocycles. The van der Waals surface area contributed by atoms with Gasteiger partial charge in [-0.1, -0.05) is 35.0 Å². The summed E-state index contributed by atoms with van der Waals surface area (Å²) in [5.41, 5.74) is 2.71. The molecule has 5 rings (SSSR count). The zero-order valence-corrected chi connectivity index (χ0v) is 27.0. The van der Waals surface area contributed by atoms with Gasteiger partial charge in [0.1, 0.15) is 10.8 Å². The second kappa shape index (κ2) is 13.9. The first-order chi connectivity index (χ1) is 21.2. The lowest BCUT2D eigenvalue weighted by Crippen LogP contribution is -2.31. The minimum absolute atomic E-state index is 0.0571. The summed E-state index contributed by atoms with van der Waals surface area (Å²) in [5.74, 6) is -1.77. The maximum absolute atomic E-state index is 13.6. The molecule has 0 spiro atoms. The number of esters is 1. The van der Waals surface area contributed by atoms with Gasteiger partial charge in [-0.05, 0) is 75.4 Å². The van der Waals surface area contributed by atoms with Crippen molar-refractivity contribution in [2.24, 2.45) is 0 Å². The summed E-state index contributed by atoms with van der Waals surface area (Å²) < 4.78 is 11.0. The Morgan fingerprint density at radius 3 is 2.70 bits per heavy atom. The van der Waals surface area contributed by atoms with Gasteiger partial charge in [-0.3, -0.25) is 9.59 Å². The second-order valence-corrected chi connectivity index (χ2v) is 13.0. The van der Waals surface area contributed by atoms with Crippen molar-refractivity contribution >= 4 is 74.8 Å². The number of dihydropyridines is 1. The van der Waals surface area contributed by atoms with E-state index in [2.05, 4.69) is 22.0 Å². The Kier molecular flexibility index (Phi) is 10.1. The minimum atomic E-state index is -0.840. The molecule has 0 radical (unpaired) electrons. The molecule has 1 aromatic carbocycles. The van der Waals surface area contributed by atoms with Crippen LogP contribution in [0.25, 0.3) is 0 Å². The number of thioether (sulfide) groups is 1. The fraction of sp³-hybridized carbons (Fsp3) is 0.290. The average molecular weight is 672 g/mol. The predicted molar refractivity (Wildman–Crippen MR) is 173 cm³/mol. The van der Waals surface area contributed by atoms with Crippen molar-refractivity contribution in [2.45, 2.75) is 45.4 Å². The Balaban J connectivity index is 1.38. The van der Waals surface area contributed by atoms with Crippen LogP contribution < -0.4 is 16.0 Å². The molecular weight excluding hydrogens is 643 g/mol. The number of fused-ring (bicyclic) bond motifs is 1. The van der Waals surface area contributed by atoms with Crippen molar-refractivity contribution in [3.05, 3.63) is 90.3 Å². The fourth-order valence-electron chi connectivity index (χ4n) is 5.22. The number of nitriles is 1. The standard InChI is InChI=1S/C31H28Cl2N4O5S2/c1-3-41-31(40)27-18-7-4-5-9-23(18)44-30(27)37-24(38)15-43-29-19(14-34)26(22-8-6-12-42-22)25(16(2)35-29)28(39)36-21-11-10-17(32)13-20(21)33/h6,8,10-13,26,35H,3-5,7,9,15H2,1-2H3,(H,36,39)(H,37,38)/t26-/m1/s1. The molecule has 0 bridgehead atoms. The van der Waals surface area contributed by atoms with E-state index in [-0.39, 0.29) is 34.4 Å². The van der Waals surface area contributed by atoms with E-state index in [1.54, 1.807) is 38.1 Å². The molecule has 0 saturated carbocycles. The number of carbonyl (C=O) groups is 3. The maximum atomic E-state index is 13.6. The number of hydrogen-bond donors (Lipinski definition) is 3. The van der Waals surface area contributed by atoms with Crippen LogP contribution in [0.1, 0.15) is 59.2 Å². The lowest BCUT2D eigenvalue weighted by atomic mass is 9.85. The number of furan rings is 1. The van der Waals surface area contributed by atoms with Crippen molar-refractivity contribution in [1.82, 2.24) is 5.32 Å². The third-order valence-corrected chi connectivity index (χ3v) is 9.92. The van der Waals surface area contributed by atoms with Crippen molar-refractivity contribution in [3.8, 4) is 6.07 Å². The van der Waals surface area contributed by atoms with E-state index in [4.69, 9.17) is 32.4 Å². The normalized spacial score (nSPS) is 16.1. The Morgan fingerprint density at radius 1 is 1.20 bits per heavy atom. The average Bonchev–Trinajstić information content (AvgIpc) is 3.65. The van der Waals surface area contributed by atoms with Crippen LogP contribution in [-0.4, -0.2) is 30.1 Å². The van der Waals surface area contributed by atoms with Crippen molar-refractivity contribution in [1.29, 1.82) is 5.26 Å². The first-order valence-electron chi connectivity index (χ1n) is 13.9. The van der Waals surface area contributed by atoms with E-state index in [1.165, 1.54) is 23.7 Å². The number of nitrogens with zero attached hydrogens (tertiary/aromatic N) is 1. The molecule has 0 unspecified atom stereocenters. The van der Waals surface area contributed by atoms with E-state index in [0.29, 0.717) is 37.8 Å². The van der Waals surface area contributed by atoms with E-state index in [9.17, 15) is 19.6 Å². The number of thiophene rings is 1. The van der Waals surface area contributed by atoms with E-state index in [1.807, 2.05) is 0 Å². The maximum Gasteiger partial charge on any atom is 0.341 e. The van der Waals surface area contributed by atoms with Crippen LogP contribution in [0.15, 0.2) is 62.9 Å². The molecule has 2 amide bonds. The van der Waals surface area contributed by atoms with Gasteiger partial charge < -0.3 is 25.1 Å². The number of amides is 2. The SMILES string of the molecule is CCOC(=O)c1c(NC(=O)CSC2=C(C#N)[C@H](c3ccco3)C(C(=O)Nc3ccc(Cl)cc3Cl)=C(C)N2)sc2c1CCCC2. The highest BCUT2D eigenvalue weighted by atomic mass is 35.5. The summed E-state index contributed by atoms with van der Waals surface area (Å²) in [6.07, 6.45) is 5.11. The number of benzene rings is 1. The molecule has 1 atom stereocenters. The number of aryl methyl sites for hydroxylation is 1. The molecule has 3 N–H and O–H groups in total. The van der Waals surface area contributed by atoms with Crippen molar-refractivity contribution in [3.63, 3.8) is 0 Å². The first kappa shape index (κ1) is 31.7. The Morgan fingerprint density at radius 2 is 2.00 bits per heavy atom. The quantitative estimate of drug-likeness (QED) is 0.200. The third kappa shape index (κ3) is 6.69. The van der Waals surface area contributed by atoms with Gasteiger partial charge in [-0.15, -0.1) is 11.3 Å². The van der Waals surface area contributed by atoms with Crippen LogP contribution in [0.4, 0.5) is 10.7 Å². The predicted octanol–water partition coefficient (Wildman–Crippen LogP) is 7.41. The van der Waals surface area contributed by atoms with Crippen LogP contribution in [0.3, 0.4) is 0 Å². The Bertz CT molecular complexity index is 1720. The van der Waals surface area contributed by atoms with Gasteiger partial charge in [-0.25, -0.2) is 4.79 Å². The van der Waals surface area contributed by atoms with Crippen LogP contribution in [0, 0.1) is 11.3 Å². The summed E-state index contributed by atoms with van der Waals surface area (Å²) in [7, 11) is 0. The van der Waals surface area contributed by atoms with Gasteiger partial charge in [0.2, 0.25) is 5.91 Å². The molecular formula is C31H28Cl2N4O5S2. The number of carbonyl (C=O) groups excluding carboxylic acids is 3. The van der Waals surface area contributed by atoms with Gasteiger partial charge in [-0.2, -0.15) is 5.26 Å². The van der Waals surface area contributed by atoms with Crippen LogP contribution in [0.2, 0.25) is 10.0 Å². The number of anilines is 2. The van der Waals surface area contributed by atoms with E-state index >= 15 is 0 Å². The molecule has 9 nitrogen and oxygen atoms in total. The molecule has 13 heteroatoms. The van der Waals surface area contributed by atoms with Gasteiger partial charge >= 0.3 is 5.97 Å². The van der Waals surface area contributed by atoms with E-state index in [0.717, 1.165) is 47.9 Å². The topological polar surface area (TPSA) is 133 Å². The summed E-state index contributed by atoms with van der Waals surface area (Å²) in [6.45, 7) is 3.70. The summed E-state index contributed by atoms with van der Waals surface area (Å²) in [6, 6.07) is 10.3. The highest BCUT2D eigenvalue weighted by Crippen LogP contribution is 2.42. The Hall–Kier alpha value is -3.69. The number of allylic oxidation sites excluding steroid dienone is 2. The zero-order chi connectivity index (χ0) is 31.4. The molecule has 2 aromatic heterocycles. The zero-order valence-electron chi connectivity index (χ0n) is 23.8. The highest BCUT2D eigenvalue weighted by molar-refractivity contribution is 8.03.